The van der Waals surface area contributed by atoms with Gasteiger partial charge in [-0.1, -0.05) is 13.3 Å². The van der Waals surface area contributed by atoms with Gasteiger partial charge in [-0.25, -0.2) is 0 Å². The molecular formula is C16H32N2O. The van der Waals surface area contributed by atoms with Crippen LogP contribution >= 0.6 is 0 Å². The number of piperazine rings is 1. The normalized spacial score (nSPS) is 32.7. The van der Waals surface area contributed by atoms with E-state index in [9.17, 15) is 0 Å². The predicted octanol–water partition coefficient (Wildman–Crippen LogP) is 2.66. The average Bonchev–Trinajstić information content (AvgIpc) is 3.23. The van der Waals surface area contributed by atoms with Gasteiger partial charge in [0, 0.05) is 44.4 Å². The van der Waals surface area contributed by atoms with Gasteiger partial charge in [0.25, 0.3) is 0 Å². The van der Waals surface area contributed by atoms with E-state index in [1.165, 1.54) is 51.7 Å². The van der Waals surface area contributed by atoms with Crippen LogP contribution in [0.4, 0.5) is 0 Å². The molecule has 1 heterocycles. The average molecular weight is 268 g/mol. The third-order valence-electron chi connectivity index (χ3n) is 4.83. The van der Waals surface area contributed by atoms with E-state index < -0.39 is 0 Å². The van der Waals surface area contributed by atoms with Crippen molar-refractivity contribution in [2.75, 3.05) is 32.8 Å². The van der Waals surface area contributed by atoms with Gasteiger partial charge in [-0.15, -0.1) is 0 Å². The highest BCUT2D eigenvalue weighted by Crippen LogP contribution is 2.41. The molecule has 0 aromatic heterocycles. The number of hydrogen-bond donors (Lipinski definition) is 1. The maximum atomic E-state index is 5.49. The summed E-state index contributed by atoms with van der Waals surface area (Å²) in [7, 11) is 0. The molecule has 0 aromatic carbocycles. The summed E-state index contributed by atoms with van der Waals surface area (Å²) in [6, 6.07) is 0.735. The lowest BCUT2D eigenvalue weighted by atomic mass is 9.90. The molecule has 0 radical (unpaired) electrons. The van der Waals surface area contributed by atoms with Gasteiger partial charge in [-0.3, -0.25) is 4.90 Å². The van der Waals surface area contributed by atoms with Crippen molar-refractivity contribution >= 4 is 0 Å². The first-order chi connectivity index (χ1) is 9.19. The molecule has 1 aliphatic carbocycles. The number of hydrogen-bond acceptors (Lipinski definition) is 3. The van der Waals surface area contributed by atoms with Crippen molar-refractivity contribution in [3.05, 3.63) is 0 Å². The number of nitrogens with one attached hydrogen (secondary N) is 1. The molecule has 1 N–H and O–H groups in total. The lowest BCUT2D eigenvalue weighted by Crippen LogP contribution is -2.64. The third-order valence-corrected chi connectivity index (χ3v) is 4.83. The first-order valence-electron chi connectivity index (χ1n) is 8.26. The van der Waals surface area contributed by atoms with Gasteiger partial charge in [0.1, 0.15) is 0 Å². The van der Waals surface area contributed by atoms with Crippen LogP contribution in [0.3, 0.4) is 0 Å². The molecule has 1 saturated heterocycles. The maximum Gasteiger partial charge on any atom is 0.0478 e. The zero-order valence-corrected chi connectivity index (χ0v) is 13.1. The highest BCUT2D eigenvalue weighted by Gasteiger charge is 2.45. The van der Waals surface area contributed by atoms with E-state index in [4.69, 9.17) is 4.74 Å². The van der Waals surface area contributed by atoms with Crippen LogP contribution < -0.4 is 5.32 Å². The Kier molecular flexibility index (Phi) is 5.67. The molecule has 2 atom stereocenters. The Morgan fingerprint density at radius 3 is 2.74 bits per heavy atom. The SMILES string of the molecule is CCCC1CNC(C)(C2CC2)CN1CCCOCC. The Balaban J connectivity index is 1.84. The van der Waals surface area contributed by atoms with Gasteiger partial charge in [0.2, 0.25) is 0 Å². The largest absolute Gasteiger partial charge is 0.382 e. The molecule has 2 rings (SSSR count). The highest BCUT2D eigenvalue weighted by atomic mass is 16.5. The Morgan fingerprint density at radius 2 is 2.11 bits per heavy atom. The van der Waals surface area contributed by atoms with Crippen molar-refractivity contribution < 1.29 is 4.74 Å². The van der Waals surface area contributed by atoms with Gasteiger partial charge < -0.3 is 10.1 Å². The Morgan fingerprint density at radius 1 is 1.32 bits per heavy atom. The van der Waals surface area contributed by atoms with Gasteiger partial charge in [-0.05, 0) is 45.4 Å². The van der Waals surface area contributed by atoms with Crippen LogP contribution in [0, 0.1) is 5.92 Å². The van der Waals surface area contributed by atoms with E-state index in [-0.39, 0.29) is 0 Å². The summed E-state index contributed by atoms with van der Waals surface area (Å²) in [6.07, 6.45) is 6.63. The van der Waals surface area contributed by atoms with E-state index in [1.54, 1.807) is 0 Å². The minimum atomic E-state index is 0.371. The van der Waals surface area contributed by atoms with E-state index >= 15 is 0 Å². The second-order valence-electron chi connectivity index (χ2n) is 6.54. The second kappa shape index (κ2) is 7.05. The number of ether oxygens (including phenoxy) is 1. The molecule has 1 aliphatic heterocycles. The monoisotopic (exact) mass is 268 g/mol. The molecule has 0 bridgehead atoms. The standard InChI is InChI=1S/C16H32N2O/c1-4-7-15-12-17-16(3,14-8-9-14)13-18(15)10-6-11-19-5-2/h14-15,17H,4-13H2,1-3H3. The lowest BCUT2D eigenvalue weighted by molar-refractivity contribution is 0.0574. The summed E-state index contributed by atoms with van der Waals surface area (Å²) < 4.78 is 5.49. The summed E-state index contributed by atoms with van der Waals surface area (Å²) in [5, 5.41) is 3.85. The lowest BCUT2D eigenvalue weighted by Gasteiger charge is -2.47. The first kappa shape index (κ1) is 15.3. The first-order valence-corrected chi connectivity index (χ1v) is 8.26. The fourth-order valence-corrected chi connectivity index (χ4v) is 3.47. The molecule has 0 amide bonds. The predicted molar refractivity (Wildman–Crippen MR) is 80.5 cm³/mol. The Hall–Kier alpha value is -0.120. The van der Waals surface area contributed by atoms with Crippen LogP contribution in [0.15, 0.2) is 0 Å². The van der Waals surface area contributed by atoms with E-state index in [0.29, 0.717) is 5.54 Å². The van der Waals surface area contributed by atoms with Crippen LogP contribution in [0.1, 0.15) is 52.9 Å². The zero-order valence-electron chi connectivity index (χ0n) is 13.1. The van der Waals surface area contributed by atoms with Crippen LogP contribution in [0.25, 0.3) is 0 Å². The topological polar surface area (TPSA) is 24.5 Å². The fraction of sp³-hybridized carbons (Fsp3) is 1.00. The molecule has 0 aromatic rings. The van der Waals surface area contributed by atoms with E-state index in [2.05, 4.69) is 31.0 Å². The highest BCUT2D eigenvalue weighted by molar-refractivity contribution is 5.03. The van der Waals surface area contributed by atoms with Crippen molar-refractivity contribution in [3.63, 3.8) is 0 Å². The van der Waals surface area contributed by atoms with E-state index in [1.807, 2.05) is 0 Å². The molecular weight excluding hydrogens is 236 g/mol. The van der Waals surface area contributed by atoms with Crippen LogP contribution in [-0.2, 0) is 4.74 Å². The molecule has 0 spiro atoms. The van der Waals surface area contributed by atoms with Crippen molar-refractivity contribution in [2.24, 2.45) is 5.92 Å². The third kappa shape index (κ3) is 4.17. The molecule has 2 unspecified atom stereocenters. The van der Waals surface area contributed by atoms with Crippen LogP contribution in [0.2, 0.25) is 0 Å². The van der Waals surface area contributed by atoms with Gasteiger partial charge in [0.05, 0.1) is 0 Å². The summed E-state index contributed by atoms with van der Waals surface area (Å²) in [5.41, 5.74) is 0.371. The summed E-state index contributed by atoms with van der Waals surface area (Å²) in [6.45, 7) is 12.2. The molecule has 2 fully saturated rings. The molecule has 3 heteroatoms. The minimum absolute atomic E-state index is 0.371. The number of rotatable bonds is 8. The van der Waals surface area contributed by atoms with Crippen molar-refractivity contribution in [1.29, 1.82) is 0 Å². The second-order valence-corrected chi connectivity index (χ2v) is 6.54. The molecule has 3 nitrogen and oxygen atoms in total. The fourth-order valence-electron chi connectivity index (χ4n) is 3.47. The minimum Gasteiger partial charge on any atom is -0.382 e. The molecule has 19 heavy (non-hydrogen) atoms. The van der Waals surface area contributed by atoms with Gasteiger partial charge in [-0.2, -0.15) is 0 Å². The van der Waals surface area contributed by atoms with Crippen LogP contribution in [-0.4, -0.2) is 49.3 Å². The van der Waals surface area contributed by atoms with Gasteiger partial charge in [0.15, 0.2) is 0 Å². The molecule has 2 aliphatic rings. The number of nitrogens with zero attached hydrogens (tertiary/aromatic N) is 1. The van der Waals surface area contributed by atoms with Crippen molar-refractivity contribution in [2.45, 2.75) is 64.5 Å². The maximum absolute atomic E-state index is 5.49. The Bertz CT molecular complexity index is 267. The molecule has 112 valence electrons. The summed E-state index contributed by atoms with van der Waals surface area (Å²) in [5.74, 6) is 0.921. The Labute approximate surface area is 119 Å². The summed E-state index contributed by atoms with van der Waals surface area (Å²) >= 11 is 0. The summed E-state index contributed by atoms with van der Waals surface area (Å²) in [4.78, 5) is 2.73. The smallest absolute Gasteiger partial charge is 0.0478 e. The van der Waals surface area contributed by atoms with E-state index in [0.717, 1.165) is 25.2 Å². The van der Waals surface area contributed by atoms with Gasteiger partial charge >= 0.3 is 0 Å². The quantitative estimate of drug-likeness (QED) is 0.685. The zero-order chi connectivity index (χ0) is 13.7. The molecule has 1 saturated carbocycles. The van der Waals surface area contributed by atoms with Crippen molar-refractivity contribution in [1.82, 2.24) is 10.2 Å². The van der Waals surface area contributed by atoms with Crippen molar-refractivity contribution in [3.8, 4) is 0 Å². The van der Waals surface area contributed by atoms with Crippen LogP contribution in [0.5, 0.6) is 0 Å².